The molecule has 2 aromatic rings. The van der Waals surface area contributed by atoms with E-state index in [0.29, 0.717) is 0 Å². The molecule has 0 radical (unpaired) electrons. The van der Waals surface area contributed by atoms with Gasteiger partial charge in [-0.1, -0.05) is 26.0 Å². The van der Waals surface area contributed by atoms with Gasteiger partial charge in [0.2, 0.25) is 0 Å². The summed E-state index contributed by atoms with van der Waals surface area (Å²) in [6, 6.07) is 5.37. The average molecular weight is 251 g/mol. The molecule has 92 valence electrons. The standard InChI is InChI=1S/C14H18FNS/c1-3-8-16-9-13-10(4-2)11-6-5-7-12(15)14(11)17-13/h5-7,16H,3-4,8-9H2,1-2H3. The highest BCUT2D eigenvalue weighted by molar-refractivity contribution is 7.19. The van der Waals surface area contributed by atoms with Crippen LogP contribution in [0.15, 0.2) is 18.2 Å². The molecule has 0 saturated heterocycles. The molecule has 0 unspecified atom stereocenters. The van der Waals surface area contributed by atoms with Crippen molar-refractivity contribution < 1.29 is 4.39 Å². The van der Waals surface area contributed by atoms with E-state index in [4.69, 9.17) is 0 Å². The molecule has 0 saturated carbocycles. The Kier molecular flexibility index (Phi) is 4.13. The molecule has 3 heteroatoms. The van der Waals surface area contributed by atoms with Crippen LogP contribution in [0.1, 0.15) is 30.7 Å². The maximum absolute atomic E-state index is 13.7. The average Bonchev–Trinajstić information content (AvgIpc) is 2.69. The van der Waals surface area contributed by atoms with Crippen LogP contribution < -0.4 is 5.32 Å². The largest absolute Gasteiger partial charge is 0.312 e. The quantitative estimate of drug-likeness (QED) is 0.789. The summed E-state index contributed by atoms with van der Waals surface area (Å²) in [7, 11) is 0. The van der Waals surface area contributed by atoms with Crippen molar-refractivity contribution in [3.63, 3.8) is 0 Å². The fraction of sp³-hybridized carbons (Fsp3) is 0.429. The van der Waals surface area contributed by atoms with E-state index in [1.807, 2.05) is 6.07 Å². The summed E-state index contributed by atoms with van der Waals surface area (Å²) >= 11 is 1.59. The van der Waals surface area contributed by atoms with Gasteiger partial charge in [0.25, 0.3) is 0 Å². The Hall–Kier alpha value is -0.930. The summed E-state index contributed by atoms with van der Waals surface area (Å²) in [6.07, 6.45) is 2.09. The zero-order valence-electron chi connectivity index (χ0n) is 10.3. The third kappa shape index (κ3) is 2.50. The molecular weight excluding hydrogens is 233 g/mol. The van der Waals surface area contributed by atoms with Crippen LogP contribution in [0.3, 0.4) is 0 Å². The van der Waals surface area contributed by atoms with Crippen molar-refractivity contribution in [1.82, 2.24) is 5.32 Å². The Balaban J connectivity index is 2.38. The molecule has 0 bridgehead atoms. The van der Waals surface area contributed by atoms with Crippen molar-refractivity contribution in [2.45, 2.75) is 33.2 Å². The fourth-order valence-corrected chi connectivity index (χ4v) is 3.36. The number of rotatable bonds is 5. The van der Waals surface area contributed by atoms with E-state index in [2.05, 4.69) is 19.2 Å². The third-order valence-electron chi connectivity index (χ3n) is 2.92. The van der Waals surface area contributed by atoms with Crippen molar-refractivity contribution in [2.24, 2.45) is 0 Å². The molecule has 17 heavy (non-hydrogen) atoms. The second-order valence-electron chi connectivity index (χ2n) is 4.15. The highest BCUT2D eigenvalue weighted by Gasteiger charge is 2.12. The molecule has 2 rings (SSSR count). The van der Waals surface area contributed by atoms with Gasteiger partial charge >= 0.3 is 0 Å². The summed E-state index contributed by atoms with van der Waals surface area (Å²) < 4.78 is 14.5. The first-order valence-corrected chi connectivity index (χ1v) is 6.99. The number of aryl methyl sites for hydroxylation is 1. The zero-order valence-corrected chi connectivity index (χ0v) is 11.2. The van der Waals surface area contributed by atoms with E-state index in [9.17, 15) is 4.39 Å². The minimum Gasteiger partial charge on any atom is -0.312 e. The van der Waals surface area contributed by atoms with E-state index in [0.717, 1.165) is 36.0 Å². The SMILES string of the molecule is CCCNCc1sc2c(F)cccc2c1CC. The summed E-state index contributed by atoms with van der Waals surface area (Å²) in [5.41, 5.74) is 1.30. The van der Waals surface area contributed by atoms with E-state index in [-0.39, 0.29) is 5.82 Å². The second-order valence-corrected chi connectivity index (χ2v) is 5.26. The van der Waals surface area contributed by atoms with Crippen LogP contribution in [0.4, 0.5) is 4.39 Å². The van der Waals surface area contributed by atoms with Crippen LogP contribution in [0.25, 0.3) is 10.1 Å². The molecule has 1 heterocycles. The molecule has 1 nitrogen and oxygen atoms in total. The van der Waals surface area contributed by atoms with Gasteiger partial charge in [-0.25, -0.2) is 4.39 Å². The van der Waals surface area contributed by atoms with Gasteiger partial charge in [-0.2, -0.15) is 0 Å². The lowest BCUT2D eigenvalue weighted by Crippen LogP contribution is -2.13. The number of halogens is 1. The van der Waals surface area contributed by atoms with E-state index >= 15 is 0 Å². The molecule has 1 aromatic carbocycles. The Labute approximate surface area is 106 Å². The molecule has 1 N–H and O–H groups in total. The summed E-state index contributed by atoms with van der Waals surface area (Å²) in [5, 5.41) is 4.48. The molecule has 0 aliphatic heterocycles. The highest BCUT2D eigenvalue weighted by atomic mass is 32.1. The van der Waals surface area contributed by atoms with Gasteiger partial charge in [-0.05, 0) is 36.4 Å². The van der Waals surface area contributed by atoms with Gasteiger partial charge < -0.3 is 5.32 Å². The number of fused-ring (bicyclic) bond motifs is 1. The molecule has 0 aliphatic rings. The topological polar surface area (TPSA) is 12.0 Å². The highest BCUT2D eigenvalue weighted by Crippen LogP contribution is 2.33. The Morgan fingerprint density at radius 3 is 2.82 bits per heavy atom. The van der Waals surface area contributed by atoms with Crippen molar-refractivity contribution >= 4 is 21.4 Å². The molecule has 0 atom stereocenters. The summed E-state index contributed by atoms with van der Waals surface area (Å²) in [5.74, 6) is -0.0936. The normalized spacial score (nSPS) is 11.2. The molecule has 0 spiro atoms. The third-order valence-corrected chi connectivity index (χ3v) is 4.18. The van der Waals surface area contributed by atoms with Crippen LogP contribution in [0, 0.1) is 5.82 Å². The number of thiophene rings is 1. The van der Waals surface area contributed by atoms with Crippen LogP contribution in [-0.2, 0) is 13.0 Å². The van der Waals surface area contributed by atoms with Gasteiger partial charge in [-0.15, -0.1) is 11.3 Å². The molecule has 0 amide bonds. The van der Waals surface area contributed by atoms with Gasteiger partial charge in [0.1, 0.15) is 5.82 Å². The van der Waals surface area contributed by atoms with Gasteiger partial charge in [0.05, 0.1) is 4.70 Å². The van der Waals surface area contributed by atoms with Crippen LogP contribution >= 0.6 is 11.3 Å². The van der Waals surface area contributed by atoms with Gasteiger partial charge in [0, 0.05) is 11.4 Å². The van der Waals surface area contributed by atoms with Crippen LogP contribution in [0.2, 0.25) is 0 Å². The Morgan fingerprint density at radius 2 is 2.12 bits per heavy atom. The predicted molar refractivity (Wildman–Crippen MR) is 73.2 cm³/mol. The Bertz CT molecular complexity index is 504. The smallest absolute Gasteiger partial charge is 0.141 e. The maximum Gasteiger partial charge on any atom is 0.141 e. The summed E-state index contributed by atoms with van der Waals surface area (Å²) in [4.78, 5) is 1.28. The lowest BCUT2D eigenvalue weighted by atomic mass is 10.1. The molecule has 0 aliphatic carbocycles. The first-order chi connectivity index (χ1) is 8.27. The number of hydrogen-bond donors (Lipinski definition) is 1. The molecule has 0 fully saturated rings. The lowest BCUT2D eigenvalue weighted by molar-refractivity contribution is 0.641. The minimum atomic E-state index is -0.0936. The Morgan fingerprint density at radius 1 is 1.29 bits per heavy atom. The van der Waals surface area contributed by atoms with Crippen molar-refractivity contribution in [1.29, 1.82) is 0 Å². The van der Waals surface area contributed by atoms with E-state index in [1.54, 1.807) is 23.5 Å². The van der Waals surface area contributed by atoms with Crippen molar-refractivity contribution in [3.05, 3.63) is 34.5 Å². The van der Waals surface area contributed by atoms with Crippen molar-refractivity contribution in [2.75, 3.05) is 6.54 Å². The first kappa shape index (κ1) is 12.5. The molecule has 1 aromatic heterocycles. The summed E-state index contributed by atoms with van der Waals surface area (Å²) in [6.45, 7) is 6.16. The minimum absolute atomic E-state index is 0.0936. The number of hydrogen-bond acceptors (Lipinski definition) is 2. The molecular formula is C14H18FNS. The number of benzene rings is 1. The van der Waals surface area contributed by atoms with E-state index in [1.165, 1.54) is 10.4 Å². The predicted octanol–water partition coefficient (Wildman–Crippen LogP) is 4.10. The van der Waals surface area contributed by atoms with Crippen LogP contribution in [-0.4, -0.2) is 6.54 Å². The maximum atomic E-state index is 13.7. The zero-order chi connectivity index (χ0) is 12.3. The van der Waals surface area contributed by atoms with Crippen molar-refractivity contribution in [3.8, 4) is 0 Å². The number of nitrogens with one attached hydrogen (secondary N) is 1. The monoisotopic (exact) mass is 251 g/mol. The van der Waals surface area contributed by atoms with Gasteiger partial charge in [-0.3, -0.25) is 0 Å². The first-order valence-electron chi connectivity index (χ1n) is 6.17. The lowest BCUT2D eigenvalue weighted by Gasteiger charge is -2.03. The van der Waals surface area contributed by atoms with Gasteiger partial charge in [0.15, 0.2) is 0 Å². The van der Waals surface area contributed by atoms with E-state index < -0.39 is 0 Å². The second kappa shape index (κ2) is 5.61. The fourth-order valence-electron chi connectivity index (χ4n) is 2.09. The van der Waals surface area contributed by atoms with Crippen LogP contribution in [0.5, 0.6) is 0 Å².